The first-order valence-corrected chi connectivity index (χ1v) is 18.4. The minimum Gasteiger partial charge on any atom is -0.456 e. The molecule has 0 unspecified atom stereocenters. The molecule has 0 N–H and O–H groups in total. The number of nitrogens with zero attached hydrogens (tertiary/aromatic N) is 5. The smallest absolute Gasteiger partial charge is 0.180 e. The van der Waals surface area contributed by atoms with E-state index in [1.54, 1.807) is 0 Å². The second kappa shape index (κ2) is 13.0. The Morgan fingerprint density at radius 1 is 0.321 bits per heavy atom. The van der Waals surface area contributed by atoms with Crippen LogP contribution < -0.4 is 0 Å². The van der Waals surface area contributed by atoms with Crippen LogP contribution in [-0.2, 0) is 0 Å². The molecule has 0 saturated heterocycles. The number of furan rings is 2. The molecule has 0 atom stereocenters. The second-order valence-corrected chi connectivity index (χ2v) is 13.6. The number of fused-ring (bicyclic) bond motifs is 6. The summed E-state index contributed by atoms with van der Waals surface area (Å²) in [4.78, 5) is 25.2. The van der Waals surface area contributed by atoms with E-state index in [1.165, 1.54) is 0 Å². The minimum absolute atomic E-state index is 0.568. The highest BCUT2D eigenvalue weighted by Gasteiger charge is 2.21. The number of hydrogen-bond donors (Lipinski definition) is 0. The van der Waals surface area contributed by atoms with Crippen molar-refractivity contribution < 1.29 is 8.83 Å². The molecule has 4 heterocycles. The van der Waals surface area contributed by atoms with E-state index >= 15 is 0 Å². The van der Waals surface area contributed by atoms with Crippen LogP contribution >= 0.6 is 0 Å². The predicted octanol–water partition coefficient (Wildman–Crippen LogP) is 12.5. The maximum atomic E-state index is 6.57. The van der Waals surface area contributed by atoms with Crippen LogP contribution in [-0.4, -0.2) is 24.9 Å². The maximum Gasteiger partial charge on any atom is 0.180 e. The summed E-state index contributed by atoms with van der Waals surface area (Å²) >= 11 is 0. The number of benzene rings is 7. The van der Waals surface area contributed by atoms with E-state index < -0.39 is 0 Å². The quantitative estimate of drug-likeness (QED) is 0.169. The molecule has 262 valence electrons. The van der Waals surface area contributed by atoms with E-state index in [4.69, 9.17) is 33.8 Å². The summed E-state index contributed by atoms with van der Waals surface area (Å²) in [7, 11) is 0. The van der Waals surface area contributed by atoms with Gasteiger partial charge in [-0.3, -0.25) is 0 Å². The van der Waals surface area contributed by atoms with Crippen LogP contribution in [0.1, 0.15) is 0 Å². The Morgan fingerprint density at radius 2 is 0.875 bits per heavy atom. The Labute approximate surface area is 320 Å². The van der Waals surface area contributed by atoms with Gasteiger partial charge in [-0.05, 0) is 41.5 Å². The summed E-state index contributed by atoms with van der Waals surface area (Å²) in [6.45, 7) is 0. The minimum atomic E-state index is 0.568. The van der Waals surface area contributed by atoms with Crippen LogP contribution in [0.5, 0.6) is 0 Å². The largest absolute Gasteiger partial charge is 0.456 e. The molecular weight excluding hydrogens is 691 g/mol. The van der Waals surface area contributed by atoms with E-state index in [2.05, 4.69) is 48.5 Å². The summed E-state index contributed by atoms with van der Waals surface area (Å²) in [5.74, 6) is 2.35. The molecule has 0 radical (unpaired) electrons. The summed E-state index contributed by atoms with van der Waals surface area (Å²) in [5.41, 5.74) is 11.1. The van der Waals surface area contributed by atoms with Gasteiger partial charge in [0.1, 0.15) is 28.0 Å². The van der Waals surface area contributed by atoms with Crippen molar-refractivity contribution in [1.29, 1.82) is 0 Å². The molecule has 0 spiro atoms. The van der Waals surface area contributed by atoms with E-state index in [0.29, 0.717) is 34.5 Å². The molecule has 0 aliphatic heterocycles. The zero-order valence-electron chi connectivity index (χ0n) is 29.8. The van der Waals surface area contributed by atoms with Gasteiger partial charge in [0.05, 0.1) is 0 Å². The number of aromatic nitrogens is 5. The molecule has 7 aromatic carbocycles. The highest BCUT2D eigenvalue weighted by atomic mass is 16.3. The average Bonchev–Trinajstić information content (AvgIpc) is 3.85. The molecule has 4 aromatic heterocycles. The molecule has 11 aromatic rings. The molecule has 7 nitrogen and oxygen atoms in total. The standard InChI is InChI=1S/C49H29N5O2/c1-4-13-30(14-5-1)31-23-25-32(26-24-31)43-45-44(37-19-10-11-21-39(37)56-45)51-48(50-43)35-27-28-36-41(29-35)55-40-22-12-20-38(42(36)40)49-53-46(33-15-6-2-7-16-33)52-47(54-49)34-17-8-3-9-18-34/h1-29H. The second-order valence-electron chi connectivity index (χ2n) is 13.6. The number of hydrogen-bond acceptors (Lipinski definition) is 7. The zero-order valence-corrected chi connectivity index (χ0v) is 29.8. The first kappa shape index (κ1) is 31.7. The topological polar surface area (TPSA) is 90.7 Å². The lowest BCUT2D eigenvalue weighted by Crippen LogP contribution is -2.00. The van der Waals surface area contributed by atoms with Gasteiger partial charge >= 0.3 is 0 Å². The molecule has 7 heteroatoms. The first-order valence-electron chi connectivity index (χ1n) is 18.4. The van der Waals surface area contributed by atoms with E-state index in [0.717, 1.165) is 77.5 Å². The molecular formula is C49H29N5O2. The fourth-order valence-electron chi connectivity index (χ4n) is 7.45. The van der Waals surface area contributed by atoms with Crippen molar-refractivity contribution in [2.24, 2.45) is 0 Å². The lowest BCUT2D eigenvalue weighted by molar-refractivity contribution is 0.667. The van der Waals surface area contributed by atoms with Crippen LogP contribution in [0.15, 0.2) is 185 Å². The van der Waals surface area contributed by atoms with E-state index in [1.807, 2.05) is 127 Å². The van der Waals surface area contributed by atoms with Crippen molar-refractivity contribution in [3.63, 3.8) is 0 Å². The van der Waals surface area contributed by atoms with Crippen LogP contribution in [0.2, 0.25) is 0 Å². The predicted molar refractivity (Wildman–Crippen MR) is 223 cm³/mol. The van der Waals surface area contributed by atoms with Gasteiger partial charge in [-0.15, -0.1) is 0 Å². The van der Waals surface area contributed by atoms with Crippen molar-refractivity contribution in [2.45, 2.75) is 0 Å². The summed E-state index contributed by atoms with van der Waals surface area (Å²) in [6.07, 6.45) is 0. The van der Waals surface area contributed by atoms with Gasteiger partial charge < -0.3 is 8.83 Å². The molecule has 0 amide bonds. The van der Waals surface area contributed by atoms with Crippen LogP contribution in [0.4, 0.5) is 0 Å². The molecule has 11 rings (SSSR count). The summed E-state index contributed by atoms with van der Waals surface area (Å²) in [6, 6.07) is 58.9. The lowest BCUT2D eigenvalue weighted by atomic mass is 10.0. The van der Waals surface area contributed by atoms with Gasteiger partial charge in [0.2, 0.25) is 0 Å². The van der Waals surface area contributed by atoms with Crippen molar-refractivity contribution in [3.8, 4) is 67.9 Å². The Balaban J connectivity index is 1.06. The van der Waals surface area contributed by atoms with Gasteiger partial charge in [0.15, 0.2) is 28.9 Å². The molecule has 56 heavy (non-hydrogen) atoms. The third kappa shape index (κ3) is 5.41. The Bertz CT molecular complexity index is 3170. The Kier molecular flexibility index (Phi) is 7.35. The molecule has 0 aliphatic rings. The summed E-state index contributed by atoms with van der Waals surface area (Å²) in [5, 5.41) is 2.80. The van der Waals surface area contributed by atoms with Gasteiger partial charge in [-0.1, -0.05) is 146 Å². The van der Waals surface area contributed by atoms with Crippen LogP contribution in [0.3, 0.4) is 0 Å². The van der Waals surface area contributed by atoms with Gasteiger partial charge in [-0.25, -0.2) is 24.9 Å². The van der Waals surface area contributed by atoms with Crippen molar-refractivity contribution in [3.05, 3.63) is 176 Å². The Morgan fingerprint density at radius 3 is 1.59 bits per heavy atom. The van der Waals surface area contributed by atoms with Gasteiger partial charge in [-0.2, -0.15) is 0 Å². The average molecular weight is 720 g/mol. The first-order chi connectivity index (χ1) is 27.7. The highest BCUT2D eigenvalue weighted by molar-refractivity contribution is 6.13. The number of para-hydroxylation sites is 1. The normalized spacial score (nSPS) is 11.6. The Hall–Kier alpha value is -7.77. The van der Waals surface area contributed by atoms with E-state index in [-0.39, 0.29) is 0 Å². The highest BCUT2D eigenvalue weighted by Crippen LogP contribution is 2.40. The van der Waals surface area contributed by atoms with Crippen molar-refractivity contribution in [2.75, 3.05) is 0 Å². The van der Waals surface area contributed by atoms with Crippen molar-refractivity contribution >= 4 is 44.0 Å². The summed E-state index contributed by atoms with van der Waals surface area (Å²) < 4.78 is 13.0. The molecule has 0 fully saturated rings. The van der Waals surface area contributed by atoms with Crippen molar-refractivity contribution in [1.82, 2.24) is 24.9 Å². The lowest BCUT2D eigenvalue weighted by Gasteiger charge is -2.09. The van der Waals surface area contributed by atoms with E-state index in [9.17, 15) is 0 Å². The maximum absolute atomic E-state index is 6.57. The SMILES string of the molecule is c1ccc(-c2ccc(-c3nc(-c4ccc5c(c4)oc4cccc(-c6nc(-c7ccccc7)nc(-c7ccccc7)n6)c45)nc4c3oc3ccccc34)cc2)cc1. The monoisotopic (exact) mass is 719 g/mol. The zero-order chi connectivity index (χ0) is 37.0. The number of rotatable bonds is 6. The molecule has 0 aliphatic carbocycles. The van der Waals surface area contributed by atoms with Crippen LogP contribution in [0, 0.1) is 0 Å². The molecule has 0 bridgehead atoms. The fourth-order valence-corrected chi connectivity index (χ4v) is 7.45. The van der Waals surface area contributed by atoms with Gasteiger partial charge in [0, 0.05) is 44.0 Å². The van der Waals surface area contributed by atoms with Gasteiger partial charge in [0.25, 0.3) is 0 Å². The fraction of sp³-hybridized carbons (Fsp3) is 0. The third-order valence-corrected chi connectivity index (χ3v) is 10.2. The van der Waals surface area contributed by atoms with Crippen LogP contribution in [0.25, 0.3) is 112 Å². The third-order valence-electron chi connectivity index (χ3n) is 10.2. The molecule has 0 saturated carbocycles.